The second-order valence-electron chi connectivity index (χ2n) is 8.54. The average molecular weight is 466 g/mol. The lowest BCUT2D eigenvalue weighted by molar-refractivity contribution is -0.140. The molecular weight excluding hydrogens is 434 g/mol. The molecule has 2 aromatic heterocycles. The predicted octanol–water partition coefficient (Wildman–Crippen LogP) is 3.84. The van der Waals surface area contributed by atoms with Crippen LogP contribution < -0.4 is 10.6 Å². The molecule has 0 bridgehead atoms. The summed E-state index contributed by atoms with van der Waals surface area (Å²) in [6.07, 6.45) is 3.63. The van der Waals surface area contributed by atoms with Gasteiger partial charge in [0.1, 0.15) is 11.8 Å². The topological polar surface area (TPSA) is 105 Å². The zero-order valence-corrected chi connectivity index (χ0v) is 19.7. The molecule has 180 valence electrons. The number of carbonyl (C=O) groups is 3. The maximum absolute atomic E-state index is 13.4. The second kappa shape index (κ2) is 11.9. The van der Waals surface area contributed by atoms with Crippen LogP contribution in [0.25, 0.3) is 0 Å². The molecule has 0 saturated heterocycles. The van der Waals surface area contributed by atoms with Crippen molar-refractivity contribution in [1.82, 2.24) is 15.5 Å². The zero-order valence-electron chi connectivity index (χ0n) is 19.7. The molecule has 2 heterocycles. The SMILES string of the molecule is Cc1ccc(C(C(=O)NCc2ccco2)N(CCC(C)C)C(=O)CNC(=O)c2ccco2)cc1. The molecule has 0 spiro atoms. The summed E-state index contributed by atoms with van der Waals surface area (Å²) < 4.78 is 10.4. The summed E-state index contributed by atoms with van der Waals surface area (Å²) in [4.78, 5) is 40.5. The Morgan fingerprint density at radius 1 is 0.941 bits per heavy atom. The van der Waals surface area contributed by atoms with Crippen LogP contribution in [0, 0.1) is 12.8 Å². The van der Waals surface area contributed by atoms with Gasteiger partial charge >= 0.3 is 0 Å². The van der Waals surface area contributed by atoms with Crippen molar-refractivity contribution >= 4 is 17.7 Å². The van der Waals surface area contributed by atoms with Crippen molar-refractivity contribution in [2.24, 2.45) is 5.92 Å². The third kappa shape index (κ3) is 6.84. The number of nitrogens with one attached hydrogen (secondary N) is 2. The van der Waals surface area contributed by atoms with Gasteiger partial charge in [-0.3, -0.25) is 14.4 Å². The van der Waals surface area contributed by atoms with E-state index >= 15 is 0 Å². The Morgan fingerprint density at radius 3 is 2.26 bits per heavy atom. The first-order chi connectivity index (χ1) is 16.3. The molecule has 1 atom stereocenters. The first-order valence-electron chi connectivity index (χ1n) is 11.3. The van der Waals surface area contributed by atoms with Gasteiger partial charge in [0.2, 0.25) is 11.8 Å². The van der Waals surface area contributed by atoms with Crippen LogP contribution in [0.3, 0.4) is 0 Å². The molecule has 0 aliphatic heterocycles. The highest BCUT2D eigenvalue weighted by Crippen LogP contribution is 2.24. The summed E-state index contributed by atoms with van der Waals surface area (Å²) >= 11 is 0. The van der Waals surface area contributed by atoms with Crippen molar-refractivity contribution in [2.75, 3.05) is 13.1 Å². The van der Waals surface area contributed by atoms with Crippen LogP contribution in [0.5, 0.6) is 0 Å². The molecule has 8 nitrogen and oxygen atoms in total. The molecule has 8 heteroatoms. The monoisotopic (exact) mass is 465 g/mol. The highest BCUT2D eigenvalue weighted by Gasteiger charge is 2.31. The summed E-state index contributed by atoms with van der Waals surface area (Å²) in [7, 11) is 0. The minimum absolute atomic E-state index is 0.118. The third-order valence-corrected chi connectivity index (χ3v) is 5.38. The van der Waals surface area contributed by atoms with E-state index in [1.165, 1.54) is 17.2 Å². The van der Waals surface area contributed by atoms with Crippen LogP contribution in [0.2, 0.25) is 0 Å². The standard InChI is InChI=1S/C26H31N3O5/c1-18(2)12-13-29(23(30)17-28-25(31)22-7-5-15-34-22)24(20-10-8-19(3)9-11-20)26(32)27-16-21-6-4-14-33-21/h4-11,14-15,18,24H,12-13,16-17H2,1-3H3,(H,27,32)(H,28,31). The van der Waals surface area contributed by atoms with Crippen LogP contribution in [0.1, 0.15) is 53.8 Å². The zero-order chi connectivity index (χ0) is 24.5. The van der Waals surface area contributed by atoms with Gasteiger partial charge in [-0.05, 0) is 49.1 Å². The van der Waals surface area contributed by atoms with Gasteiger partial charge in [0.05, 0.1) is 25.6 Å². The van der Waals surface area contributed by atoms with Gasteiger partial charge in [-0.25, -0.2) is 0 Å². The molecule has 1 aromatic carbocycles. The third-order valence-electron chi connectivity index (χ3n) is 5.38. The highest BCUT2D eigenvalue weighted by molar-refractivity contribution is 5.95. The Morgan fingerprint density at radius 2 is 1.65 bits per heavy atom. The van der Waals surface area contributed by atoms with E-state index in [2.05, 4.69) is 24.5 Å². The molecule has 0 aliphatic rings. The number of benzene rings is 1. The van der Waals surface area contributed by atoms with Crippen LogP contribution in [-0.4, -0.2) is 35.7 Å². The smallest absolute Gasteiger partial charge is 0.287 e. The van der Waals surface area contributed by atoms with Gasteiger partial charge in [-0.1, -0.05) is 43.7 Å². The van der Waals surface area contributed by atoms with Gasteiger partial charge in [0.15, 0.2) is 5.76 Å². The van der Waals surface area contributed by atoms with Crippen molar-refractivity contribution in [1.29, 1.82) is 0 Å². The number of aryl methyl sites for hydroxylation is 1. The van der Waals surface area contributed by atoms with Crippen LogP contribution >= 0.6 is 0 Å². The van der Waals surface area contributed by atoms with E-state index in [0.717, 1.165) is 5.56 Å². The molecule has 3 rings (SSSR count). The Labute approximate surface area is 199 Å². The molecule has 34 heavy (non-hydrogen) atoms. The number of furan rings is 2. The van der Waals surface area contributed by atoms with Crippen molar-refractivity contribution in [3.63, 3.8) is 0 Å². The maximum Gasteiger partial charge on any atom is 0.287 e. The molecule has 3 aromatic rings. The normalized spacial score (nSPS) is 11.8. The van der Waals surface area contributed by atoms with Gasteiger partial charge in [-0.2, -0.15) is 0 Å². The average Bonchev–Trinajstić information content (AvgIpc) is 3.53. The highest BCUT2D eigenvalue weighted by atomic mass is 16.3. The lowest BCUT2D eigenvalue weighted by Gasteiger charge is -2.32. The fraction of sp³-hybridized carbons (Fsp3) is 0.346. The fourth-order valence-electron chi connectivity index (χ4n) is 3.45. The minimum atomic E-state index is -0.859. The summed E-state index contributed by atoms with van der Waals surface area (Å²) in [6.45, 7) is 6.38. The molecule has 2 N–H and O–H groups in total. The first kappa shape index (κ1) is 24.8. The van der Waals surface area contributed by atoms with E-state index in [1.54, 1.807) is 24.5 Å². The van der Waals surface area contributed by atoms with E-state index in [-0.39, 0.29) is 30.7 Å². The largest absolute Gasteiger partial charge is 0.467 e. The number of nitrogens with zero attached hydrogens (tertiary/aromatic N) is 1. The number of amides is 3. The summed E-state index contributed by atoms with van der Waals surface area (Å²) in [5, 5.41) is 5.47. The number of hydrogen-bond donors (Lipinski definition) is 2. The molecule has 0 radical (unpaired) electrons. The van der Waals surface area contributed by atoms with Crippen LogP contribution in [-0.2, 0) is 16.1 Å². The minimum Gasteiger partial charge on any atom is -0.467 e. The number of carbonyl (C=O) groups excluding carboxylic acids is 3. The summed E-state index contributed by atoms with van der Waals surface area (Å²) in [6, 6.07) is 13.3. The van der Waals surface area contributed by atoms with Crippen molar-refractivity contribution in [3.05, 3.63) is 83.7 Å². The molecule has 1 unspecified atom stereocenters. The molecule has 3 amide bonds. The van der Waals surface area contributed by atoms with Gasteiger partial charge in [0, 0.05) is 6.54 Å². The summed E-state index contributed by atoms with van der Waals surface area (Å²) in [5.74, 6) is -0.127. The van der Waals surface area contributed by atoms with Crippen LogP contribution in [0.4, 0.5) is 0 Å². The van der Waals surface area contributed by atoms with Crippen molar-refractivity contribution < 1.29 is 23.2 Å². The predicted molar refractivity (Wildman–Crippen MR) is 127 cm³/mol. The van der Waals surface area contributed by atoms with E-state index in [1.807, 2.05) is 31.2 Å². The number of rotatable bonds is 11. The fourth-order valence-corrected chi connectivity index (χ4v) is 3.45. The Bertz CT molecular complexity index is 1060. The van der Waals surface area contributed by atoms with E-state index in [0.29, 0.717) is 30.2 Å². The second-order valence-corrected chi connectivity index (χ2v) is 8.54. The first-order valence-corrected chi connectivity index (χ1v) is 11.3. The number of hydrogen-bond acceptors (Lipinski definition) is 5. The van der Waals surface area contributed by atoms with Gasteiger partial charge < -0.3 is 24.4 Å². The van der Waals surface area contributed by atoms with Gasteiger partial charge in [-0.15, -0.1) is 0 Å². The Kier molecular flexibility index (Phi) is 8.67. The van der Waals surface area contributed by atoms with E-state index in [4.69, 9.17) is 8.83 Å². The summed E-state index contributed by atoms with van der Waals surface area (Å²) in [5.41, 5.74) is 1.74. The Hall–Kier alpha value is -3.81. The van der Waals surface area contributed by atoms with Crippen LogP contribution in [0.15, 0.2) is 69.9 Å². The van der Waals surface area contributed by atoms with E-state index in [9.17, 15) is 14.4 Å². The lowest BCUT2D eigenvalue weighted by atomic mass is 10.0. The Balaban J connectivity index is 1.83. The molecular formula is C26H31N3O5. The lowest BCUT2D eigenvalue weighted by Crippen LogP contribution is -2.47. The molecule has 0 aliphatic carbocycles. The van der Waals surface area contributed by atoms with Crippen molar-refractivity contribution in [3.8, 4) is 0 Å². The van der Waals surface area contributed by atoms with Gasteiger partial charge in [0.25, 0.3) is 5.91 Å². The van der Waals surface area contributed by atoms with Crippen molar-refractivity contribution in [2.45, 2.75) is 39.8 Å². The maximum atomic E-state index is 13.4. The van der Waals surface area contributed by atoms with E-state index < -0.39 is 11.9 Å². The molecule has 0 fully saturated rings. The molecule has 0 saturated carbocycles. The quantitative estimate of drug-likeness (QED) is 0.448.